The molecule has 2 amide bonds. The Morgan fingerprint density at radius 3 is 2.00 bits per heavy atom. The minimum Gasteiger partial charge on any atom is -0.342 e. The van der Waals surface area contributed by atoms with Crippen molar-refractivity contribution >= 4 is 17.5 Å². The van der Waals surface area contributed by atoms with E-state index in [1.807, 2.05) is 45.0 Å². The van der Waals surface area contributed by atoms with E-state index in [9.17, 15) is 9.59 Å². The highest BCUT2D eigenvalue weighted by Gasteiger charge is 2.38. The maximum atomic E-state index is 12.7. The van der Waals surface area contributed by atoms with Crippen LogP contribution in [0.1, 0.15) is 46.1 Å². The third kappa shape index (κ3) is 4.58. The Morgan fingerprint density at radius 2 is 1.55 bits per heavy atom. The highest BCUT2D eigenvalue weighted by molar-refractivity contribution is 6.09. The first kappa shape index (κ1) is 18.2. The predicted octanol–water partition coefficient (Wildman–Crippen LogP) is 3.61. The molecule has 1 aromatic rings. The molecule has 0 saturated carbocycles. The van der Waals surface area contributed by atoms with Crippen LogP contribution in [0.5, 0.6) is 0 Å². The highest BCUT2D eigenvalue weighted by Crippen LogP contribution is 2.22. The Bertz CT molecular complexity index is 500. The van der Waals surface area contributed by atoms with E-state index >= 15 is 0 Å². The number of carbonyl (C=O) groups is 2. The molecule has 0 saturated heterocycles. The molecule has 1 aromatic carbocycles. The van der Waals surface area contributed by atoms with Crippen molar-refractivity contribution in [2.24, 2.45) is 5.41 Å². The summed E-state index contributed by atoms with van der Waals surface area (Å²) >= 11 is 0. The molecule has 1 N–H and O–H groups in total. The summed E-state index contributed by atoms with van der Waals surface area (Å²) in [7, 11) is 0. The lowest BCUT2D eigenvalue weighted by atomic mass is 9.90. The number of anilines is 1. The molecule has 122 valence electrons. The fourth-order valence-corrected chi connectivity index (χ4v) is 2.27. The average molecular weight is 304 g/mol. The molecule has 0 bridgehead atoms. The van der Waals surface area contributed by atoms with Gasteiger partial charge in [-0.1, -0.05) is 31.5 Å². The van der Waals surface area contributed by atoms with Gasteiger partial charge in [0.15, 0.2) is 0 Å². The van der Waals surface area contributed by atoms with Crippen molar-refractivity contribution in [1.29, 1.82) is 0 Å². The number of amides is 2. The van der Waals surface area contributed by atoms with Gasteiger partial charge in [-0.2, -0.15) is 0 Å². The van der Waals surface area contributed by atoms with E-state index in [0.717, 1.165) is 18.4 Å². The minimum absolute atomic E-state index is 0.110. The van der Waals surface area contributed by atoms with Crippen molar-refractivity contribution in [3.63, 3.8) is 0 Å². The van der Waals surface area contributed by atoms with Crippen LogP contribution in [0.25, 0.3) is 0 Å². The summed E-state index contributed by atoms with van der Waals surface area (Å²) in [6.45, 7) is 10.8. The normalized spacial score (nSPS) is 11.1. The van der Waals surface area contributed by atoms with Crippen molar-refractivity contribution in [2.45, 2.75) is 47.5 Å². The third-order valence-corrected chi connectivity index (χ3v) is 3.69. The number of rotatable bonds is 7. The van der Waals surface area contributed by atoms with Gasteiger partial charge in [0.1, 0.15) is 5.41 Å². The van der Waals surface area contributed by atoms with Gasteiger partial charge in [-0.3, -0.25) is 9.59 Å². The monoisotopic (exact) mass is 304 g/mol. The molecule has 0 aliphatic carbocycles. The van der Waals surface area contributed by atoms with Gasteiger partial charge in [0.2, 0.25) is 11.8 Å². The lowest BCUT2D eigenvalue weighted by Crippen LogP contribution is -2.47. The number of nitrogens with zero attached hydrogens (tertiary/aromatic N) is 1. The van der Waals surface area contributed by atoms with Crippen molar-refractivity contribution in [3.8, 4) is 0 Å². The van der Waals surface area contributed by atoms with E-state index in [0.29, 0.717) is 18.8 Å². The summed E-state index contributed by atoms with van der Waals surface area (Å²) in [5.41, 5.74) is 0.772. The van der Waals surface area contributed by atoms with Gasteiger partial charge in [0.05, 0.1) is 0 Å². The van der Waals surface area contributed by atoms with Crippen molar-refractivity contribution in [3.05, 3.63) is 29.8 Å². The van der Waals surface area contributed by atoms with E-state index < -0.39 is 5.41 Å². The predicted molar refractivity (Wildman–Crippen MR) is 90.8 cm³/mol. The number of carbonyl (C=O) groups excluding carboxylic acids is 2. The Kier molecular flexibility index (Phi) is 6.60. The number of hydrogen-bond acceptors (Lipinski definition) is 2. The van der Waals surface area contributed by atoms with Gasteiger partial charge in [0.25, 0.3) is 0 Å². The van der Waals surface area contributed by atoms with Crippen LogP contribution in [0.15, 0.2) is 24.3 Å². The Balaban J connectivity index is 2.83. The van der Waals surface area contributed by atoms with Gasteiger partial charge < -0.3 is 10.2 Å². The second kappa shape index (κ2) is 7.97. The first-order chi connectivity index (χ1) is 10.3. The number of benzene rings is 1. The molecular formula is C18H28N2O2. The lowest BCUT2D eigenvalue weighted by Gasteiger charge is -2.30. The maximum absolute atomic E-state index is 12.7. The van der Waals surface area contributed by atoms with Crippen LogP contribution in [-0.2, 0) is 9.59 Å². The van der Waals surface area contributed by atoms with Gasteiger partial charge in [0, 0.05) is 18.8 Å². The van der Waals surface area contributed by atoms with E-state index in [-0.39, 0.29) is 11.8 Å². The first-order valence-electron chi connectivity index (χ1n) is 8.00. The summed E-state index contributed by atoms with van der Waals surface area (Å²) in [4.78, 5) is 27.0. The lowest BCUT2D eigenvalue weighted by molar-refractivity contribution is -0.146. The molecule has 0 unspecified atom stereocenters. The van der Waals surface area contributed by atoms with Crippen LogP contribution >= 0.6 is 0 Å². The van der Waals surface area contributed by atoms with Crippen LogP contribution < -0.4 is 5.32 Å². The van der Waals surface area contributed by atoms with Gasteiger partial charge >= 0.3 is 0 Å². The zero-order chi connectivity index (χ0) is 16.8. The molecule has 22 heavy (non-hydrogen) atoms. The van der Waals surface area contributed by atoms with Crippen LogP contribution in [0.3, 0.4) is 0 Å². The molecular weight excluding hydrogens is 276 g/mol. The average Bonchev–Trinajstić information content (AvgIpc) is 2.48. The third-order valence-electron chi connectivity index (χ3n) is 3.69. The van der Waals surface area contributed by atoms with Crippen LogP contribution in [0.4, 0.5) is 5.69 Å². The zero-order valence-corrected chi connectivity index (χ0v) is 14.4. The molecule has 0 heterocycles. The minimum atomic E-state index is -1.07. The second-order valence-corrected chi connectivity index (χ2v) is 6.24. The van der Waals surface area contributed by atoms with E-state index in [1.54, 1.807) is 18.7 Å². The van der Waals surface area contributed by atoms with Crippen molar-refractivity contribution < 1.29 is 9.59 Å². The second-order valence-electron chi connectivity index (χ2n) is 6.24. The first-order valence-corrected chi connectivity index (χ1v) is 8.00. The molecule has 0 aliphatic rings. The van der Waals surface area contributed by atoms with E-state index in [4.69, 9.17) is 0 Å². The number of hydrogen-bond donors (Lipinski definition) is 1. The Morgan fingerprint density at radius 1 is 1.05 bits per heavy atom. The standard InChI is InChI=1S/C18H28N2O2/c1-6-12-20(13-7-2)17(22)18(4,5)16(21)19-15-10-8-14(3)9-11-15/h8-11H,6-7,12-13H2,1-5H3,(H,19,21). The Labute approximate surface area is 133 Å². The largest absolute Gasteiger partial charge is 0.342 e. The molecule has 4 heteroatoms. The molecule has 0 aliphatic heterocycles. The smallest absolute Gasteiger partial charge is 0.239 e. The molecule has 0 atom stereocenters. The summed E-state index contributed by atoms with van der Waals surface area (Å²) < 4.78 is 0. The summed E-state index contributed by atoms with van der Waals surface area (Å²) in [5, 5.41) is 2.84. The molecule has 0 spiro atoms. The van der Waals surface area contributed by atoms with E-state index in [2.05, 4.69) is 5.32 Å². The SMILES string of the molecule is CCCN(CCC)C(=O)C(C)(C)C(=O)Nc1ccc(C)cc1. The molecule has 0 fully saturated rings. The highest BCUT2D eigenvalue weighted by atomic mass is 16.2. The molecule has 0 radical (unpaired) electrons. The van der Waals surface area contributed by atoms with Crippen LogP contribution in [0, 0.1) is 12.3 Å². The fraction of sp³-hybridized carbons (Fsp3) is 0.556. The molecule has 0 aromatic heterocycles. The van der Waals surface area contributed by atoms with Gasteiger partial charge in [-0.15, -0.1) is 0 Å². The zero-order valence-electron chi connectivity index (χ0n) is 14.4. The Hall–Kier alpha value is -1.84. The fourth-order valence-electron chi connectivity index (χ4n) is 2.27. The summed E-state index contributed by atoms with van der Waals surface area (Å²) in [5.74, 6) is -0.376. The van der Waals surface area contributed by atoms with Crippen molar-refractivity contribution in [2.75, 3.05) is 18.4 Å². The van der Waals surface area contributed by atoms with E-state index in [1.165, 1.54) is 0 Å². The van der Waals surface area contributed by atoms with Crippen LogP contribution in [-0.4, -0.2) is 29.8 Å². The summed E-state index contributed by atoms with van der Waals surface area (Å²) in [6, 6.07) is 7.57. The number of aryl methyl sites for hydroxylation is 1. The maximum Gasteiger partial charge on any atom is 0.239 e. The quantitative estimate of drug-likeness (QED) is 0.782. The number of nitrogens with one attached hydrogen (secondary N) is 1. The van der Waals surface area contributed by atoms with Crippen LogP contribution in [0.2, 0.25) is 0 Å². The van der Waals surface area contributed by atoms with Gasteiger partial charge in [-0.05, 0) is 45.7 Å². The topological polar surface area (TPSA) is 49.4 Å². The van der Waals surface area contributed by atoms with Crippen molar-refractivity contribution in [1.82, 2.24) is 4.90 Å². The molecule has 4 nitrogen and oxygen atoms in total. The molecule has 1 rings (SSSR count). The summed E-state index contributed by atoms with van der Waals surface area (Å²) in [6.07, 6.45) is 1.78. The van der Waals surface area contributed by atoms with Gasteiger partial charge in [-0.25, -0.2) is 0 Å².